The summed E-state index contributed by atoms with van der Waals surface area (Å²) in [6, 6.07) is 6.33. The highest BCUT2D eigenvalue weighted by atomic mass is 35.5. The molecule has 0 atom stereocenters. The standard InChI is InChI=1S/C18H12ClN3O7/c1-29-14-8-9(7-13(19)15(14)23)6-12-16(24)20-18(26)21(17(12)25)10-2-4-11(5-3-10)22(27)28/h2-8,23H,1H3,(H,20,24,26)/b12-6-. The molecule has 0 aliphatic carbocycles. The largest absolute Gasteiger partial charge is 0.503 e. The lowest BCUT2D eigenvalue weighted by molar-refractivity contribution is -0.384. The number of phenolic OH excluding ortho intramolecular Hbond substituents is 1. The van der Waals surface area contributed by atoms with E-state index in [-0.39, 0.29) is 39.0 Å². The van der Waals surface area contributed by atoms with Crippen LogP contribution < -0.4 is 15.0 Å². The van der Waals surface area contributed by atoms with Crippen molar-refractivity contribution in [1.29, 1.82) is 0 Å². The molecule has 10 nitrogen and oxygen atoms in total. The second kappa shape index (κ2) is 7.60. The number of amides is 4. The SMILES string of the molecule is COc1cc(/C=C2/C(=O)NC(=O)N(c3ccc([N+](=O)[O-])cc3)C2=O)cc(Cl)c1O. The third-order valence-corrected chi connectivity index (χ3v) is 4.29. The third kappa shape index (κ3) is 3.73. The summed E-state index contributed by atoms with van der Waals surface area (Å²) < 4.78 is 4.98. The van der Waals surface area contributed by atoms with Crippen LogP contribution in [0.2, 0.25) is 5.02 Å². The number of hydrogen-bond acceptors (Lipinski definition) is 7. The van der Waals surface area contributed by atoms with Crippen molar-refractivity contribution in [2.75, 3.05) is 12.0 Å². The molecule has 3 rings (SSSR count). The molecule has 29 heavy (non-hydrogen) atoms. The number of ether oxygens (including phenoxy) is 1. The van der Waals surface area contributed by atoms with Gasteiger partial charge in [0.25, 0.3) is 17.5 Å². The molecule has 0 unspecified atom stereocenters. The molecule has 0 radical (unpaired) electrons. The van der Waals surface area contributed by atoms with Crippen molar-refractivity contribution in [3.8, 4) is 11.5 Å². The van der Waals surface area contributed by atoms with Crippen LogP contribution in [0, 0.1) is 10.1 Å². The van der Waals surface area contributed by atoms with Crippen LogP contribution in [0.4, 0.5) is 16.2 Å². The van der Waals surface area contributed by atoms with E-state index in [0.717, 1.165) is 12.1 Å². The molecule has 0 saturated carbocycles. The minimum absolute atomic E-state index is 0.0244. The first kappa shape index (κ1) is 19.8. The zero-order valence-electron chi connectivity index (χ0n) is 14.7. The van der Waals surface area contributed by atoms with E-state index in [1.165, 1.54) is 37.5 Å². The van der Waals surface area contributed by atoms with Gasteiger partial charge in [-0.1, -0.05) is 11.6 Å². The lowest BCUT2D eigenvalue weighted by Crippen LogP contribution is -2.54. The fourth-order valence-electron chi connectivity index (χ4n) is 2.61. The molecular formula is C18H12ClN3O7. The molecule has 4 amide bonds. The maximum Gasteiger partial charge on any atom is 0.335 e. The van der Waals surface area contributed by atoms with Crippen LogP contribution in [0.25, 0.3) is 6.08 Å². The number of nitro groups is 1. The summed E-state index contributed by atoms with van der Waals surface area (Å²) in [6.07, 6.45) is 1.18. The number of nitrogens with one attached hydrogen (secondary N) is 1. The number of rotatable bonds is 4. The predicted molar refractivity (Wildman–Crippen MR) is 102 cm³/mol. The minimum Gasteiger partial charge on any atom is -0.503 e. The molecule has 1 aliphatic rings. The van der Waals surface area contributed by atoms with E-state index in [0.29, 0.717) is 4.90 Å². The quantitative estimate of drug-likeness (QED) is 0.337. The topological polar surface area (TPSA) is 139 Å². The van der Waals surface area contributed by atoms with E-state index in [1.807, 2.05) is 5.32 Å². The minimum atomic E-state index is -0.993. The fraction of sp³-hybridized carbons (Fsp3) is 0.0556. The Morgan fingerprint density at radius 2 is 1.86 bits per heavy atom. The maximum absolute atomic E-state index is 12.8. The summed E-state index contributed by atoms with van der Waals surface area (Å²) in [5.74, 6) is -2.15. The first-order valence-electron chi connectivity index (χ1n) is 7.95. The van der Waals surface area contributed by atoms with Gasteiger partial charge in [-0.3, -0.25) is 25.0 Å². The predicted octanol–water partition coefficient (Wildman–Crippen LogP) is 2.63. The van der Waals surface area contributed by atoms with Crippen molar-refractivity contribution in [2.24, 2.45) is 0 Å². The number of aromatic hydroxyl groups is 1. The van der Waals surface area contributed by atoms with Crippen molar-refractivity contribution < 1.29 is 29.2 Å². The summed E-state index contributed by atoms with van der Waals surface area (Å²) in [7, 11) is 1.30. The monoisotopic (exact) mass is 417 g/mol. The van der Waals surface area contributed by atoms with E-state index in [2.05, 4.69) is 0 Å². The van der Waals surface area contributed by atoms with Crippen LogP contribution in [0.15, 0.2) is 42.0 Å². The summed E-state index contributed by atoms with van der Waals surface area (Å²) in [5, 5.41) is 22.5. The number of nitro benzene ring substituents is 1. The lowest BCUT2D eigenvalue weighted by atomic mass is 10.1. The molecular weight excluding hydrogens is 406 g/mol. The zero-order valence-corrected chi connectivity index (χ0v) is 15.5. The van der Waals surface area contributed by atoms with E-state index in [1.54, 1.807) is 0 Å². The number of imide groups is 2. The molecule has 0 aromatic heterocycles. The summed E-state index contributed by atoms with van der Waals surface area (Å²) in [5.41, 5.74) is -0.304. The smallest absolute Gasteiger partial charge is 0.335 e. The number of anilines is 1. The van der Waals surface area contributed by atoms with Crippen LogP contribution in [0.1, 0.15) is 5.56 Å². The molecule has 1 heterocycles. The van der Waals surface area contributed by atoms with Crippen molar-refractivity contribution in [2.45, 2.75) is 0 Å². The van der Waals surface area contributed by atoms with Crippen molar-refractivity contribution in [1.82, 2.24) is 5.32 Å². The normalized spacial score (nSPS) is 15.4. The lowest BCUT2D eigenvalue weighted by Gasteiger charge is -2.26. The number of barbiturate groups is 1. The summed E-state index contributed by atoms with van der Waals surface area (Å²) in [4.78, 5) is 48.0. The summed E-state index contributed by atoms with van der Waals surface area (Å²) >= 11 is 5.91. The first-order valence-corrected chi connectivity index (χ1v) is 8.33. The Balaban J connectivity index is 2.02. The van der Waals surface area contributed by atoms with Gasteiger partial charge in [-0.2, -0.15) is 0 Å². The Bertz CT molecular complexity index is 1080. The van der Waals surface area contributed by atoms with Gasteiger partial charge in [-0.15, -0.1) is 0 Å². The number of carbonyl (C=O) groups excluding carboxylic acids is 3. The van der Waals surface area contributed by atoms with E-state index in [4.69, 9.17) is 16.3 Å². The number of phenols is 1. The Labute approximate surface area is 168 Å². The molecule has 1 aliphatic heterocycles. The van der Waals surface area contributed by atoms with Crippen LogP contribution >= 0.6 is 11.6 Å². The molecule has 0 spiro atoms. The van der Waals surface area contributed by atoms with Gasteiger partial charge >= 0.3 is 6.03 Å². The number of nitrogens with zero attached hydrogens (tertiary/aromatic N) is 2. The van der Waals surface area contributed by atoms with Gasteiger partial charge in [0.2, 0.25) is 0 Å². The molecule has 11 heteroatoms. The highest BCUT2D eigenvalue weighted by Gasteiger charge is 2.37. The Morgan fingerprint density at radius 1 is 1.21 bits per heavy atom. The summed E-state index contributed by atoms with van der Waals surface area (Å²) in [6.45, 7) is 0. The van der Waals surface area contributed by atoms with Gasteiger partial charge in [0.1, 0.15) is 5.57 Å². The maximum atomic E-state index is 12.8. The number of methoxy groups -OCH3 is 1. The average Bonchev–Trinajstić information content (AvgIpc) is 2.68. The highest BCUT2D eigenvalue weighted by molar-refractivity contribution is 6.39. The van der Waals surface area contributed by atoms with Gasteiger partial charge in [0.05, 0.1) is 22.7 Å². The van der Waals surface area contributed by atoms with Crippen LogP contribution in [0.3, 0.4) is 0 Å². The van der Waals surface area contributed by atoms with Crippen LogP contribution in [-0.2, 0) is 9.59 Å². The van der Waals surface area contributed by atoms with E-state index in [9.17, 15) is 29.6 Å². The highest BCUT2D eigenvalue weighted by Crippen LogP contribution is 2.36. The number of halogens is 1. The van der Waals surface area contributed by atoms with Crippen LogP contribution in [0.5, 0.6) is 11.5 Å². The van der Waals surface area contributed by atoms with Crippen LogP contribution in [-0.4, -0.2) is 35.0 Å². The molecule has 148 valence electrons. The molecule has 2 N–H and O–H groups in total. The van der Waals surface area contributed by atoms with Gasteiger partial charge in [-0.05, 0) is 35.9 Å². The molecule has 2 aromatic carbocycles. The Hall–Kier alpha value is -3.92. The molecule has 2 aromatic rings. The number of non-ortho nitro benzene ring substituents is 1. The van der Waals surface area contributed by atoms with E-state index < -0.39 is 22.8 Å². The fourth-order valence-corrected chi connectivity index (χ4v) is 2.83. The molecule has 0 bridgehead atoms. The van der Waals surface area contributed by atoms with E-state index >= 15 is 0 Å². The van der Waals surface area contributed by atoms with Crippen molar-refractivity contribution in [3.05, 3.63) is 62.7 Å². The number of urea groups is 1. The molecule has 1 fully saturated rings. The number of benzene rings is 2. The molecule has 1 saturated heterocycles. The average molecular weight is 418 g/mol. The Morgan fingerprint density at radius 3 is 2.45 bits per heavy atom. The number of hydrogen-bond donors (Lipinski definition) is 2. The van der Waals surface area contributed by atoms with Gasteiger partial charge < -0.3 is 9.84 Å². The third-order valence-electron chi connectivity index (χ3n) is 4.00. The Kier molecular flexibility index (Phi) is 5.20. The zero-order chi connectivity index (χ0) is 21.3. The van der Waals surface area contributed by atoms with Gasteiger partial charge in [0, 0.05) is 12.1 Å². The van der Waals surface area contributed by atoms with Gasteiger partial charge in [-0.25, -0.2) is 9.69 Å². The van der Waals surface area contributed by atoms with Gasteiger partial charge in [0.15, 0.2) is 11.5 Å². The van der Waals surface area contributed by atoms with Crippen molar-refractivity contribution >= 4 is 46.9 Å². The second-order valence-electron chi connectivity index (χ2n) is 5.78. The first-order chi connectivity index (χ1) is 13.7. The second-order valence-corrected chi connectivity index (χ2v) is 6.19. The van der Waals surface area contributed by atoms with Crippen molar-refractivity contribution in [3.63, 3.8) is 0 Å². The number of carbonyl (C=O) groups is 3.